The summed E-state index contributed by atoms with van der Waals surface area (Å²) in [5.41, 5.74) is 8.15. The van der Waals surface area contributed by atoms with Gasteiger partial charge in [-0.25, -0.2) is 0 Å². The zero-order valence-electron chi connectivity index (χ0n) is 11.3. The SMILES string of the molecule is Cn1c(C(=O)Nc2ccc(C(N)=O)cc2)cc2occc21. The Kier molecular flexibility index (Phi) is 2.98. The van der Waals surface area contributed by atoms with Gasteiger partial charge < -0.3 is 20.0 Å². The number of aryl methyl sites for hydroxylation is 1. The molecule has 3 N–H and O–H groups in total. The van der Waals surface area contributed by atoms with E-state index < -0.39 is 5.91 Å². The number of nitrogens with two attached hydrogens (primary N) is 1. The van der Waals surface area contributed by atoms with Crippen LogP contribution in [0.1, 0.15) is 20.8 Å². The van der Waals surface area contributed by atoms with Crippen LogP contribution in [0.4, 0.5) is 5.69 Å². The average Bonchev–Trinajstić information content (AvgIpc) is 3.03. The summed E-state index contributed by atoms with van der Waals surface area (Å²) in [5, 5.41) is 2.76. The van der Waals surface area contributed by atoms with Gasteiger partial charge in [-0.2, -0.15) is 0 Å². The summed E-state index contributed by atoms with van der Waals surface area (Å²) in [6, 6.07) is 9.87. The van der Waals surface area contributed by atoms with Gasteiger partial charge in [0.2, 0.25) is 5.91 Å². The number of fused-ring (bicyclic) bond motifs is 1. The molecule has 21 heavy (non-hydrogen) atoms. The smallest absolute Gasteiger partial charge is 0.272 e. The maximum atomic E-state index is 12.3. The molecule has 0 aliphatic rings. The lowest BCUT2D eigenvalue weighted by Gasteiger charge is -2.06. The van der Waals surface area contributed by atoms with Crippen molar-refractivity contribution in [3.63, 3.8) is 0 Å². The number of aromatic nitrogens is 1. The summed E-state index contributed by atoms with van der Waals surface area (Å²) >= 11 is 0. The van der Waals surface area contributed by atoms with Crippen LogP contribution in [0.5, 0.6) is 0 Å². The van der Waals surface area contributed by atoms with E-state index in [1.54, 1.807) is 54.3 Å². The first-order chi connectivity index (χ1) is 10.1. The molecule has 0 radical (unpaired) electrons. The maximum absolute atomic E-state index is 12.3. The zero-order chi connectivity index (χ0) is 15.0. The van der Waals surface area contributed by atoms with E-state index in [1.807, 2.05) is 0 Å². The minimum absolute atomic E-state index is 0.254. The number of anilines is 1. The summed E-state index contributed by atoms with van der Waals surface area (Å²) in [7, 11) is 1.79. The van der Waals surface area contributed by atoms with E-state index in [9.17, 15) is 9.59 Å². The highest BCUT2D eigenvalue weighted by Crippen LogP contribution is 2.20. The first-order valence-corrected chi connectivity index (χ1v) is 6.30. The summed E-state index contributed by atoms with van der Waals surface area (Å²) in [6.07, 6.45) is 1.58. The number of hydrogen-bond donors (Lipinski definition) is 2. The van der Waals surface area contributed by atoms with Crippen molar-refractivity contribution in [2.24, 2.45) is 12.8 Å². The number of benzene rings is 1. The minimum Gasteiger partial charge on any atom is -0.463 e. The van der Waals surface area contributed by atoms with Gasteiger partial charge in [-0.15, -0.1) is 0 Å². The highest BCUT2D eigenvalue weighted by molar-refractivity contribution is 6.06. The normalized spacial score (nSPS) is 10.7. The molecule has 6 nitrogen and oxygen atoms in total. The van der Waals surface area contributed by atoms with Crippen molar-refractivity contribution in [3.8, 4) is 0 Å². The molecular weight excluding hydrogens is 270 g/mol. The zero-order valence-corrected chi connectivity index (χ0v) is 11.3. The van der Waals surface area contributed by atoms with Gasteiger partial charge in [-0.1, -0.05) is 0 Å². The fourth-order valence-corrected chi connectivity index (χ4v) is 2.18. The molecule has 3 rings (SSSR count). The van der Waals surface area contributed by atoms with Crippen molar-refractivity contribution in [1.29, 1.82) is 0 Å². The van der Waals surface area contributed by atoms with Gasteiger partial charge in [-0.3, -0.25) is 9.59 Å². The Hall–Kier alpha value is -3.02. The van der Waals surface area contributed by atoms with E-state index >= 15 is 0 Å². The highest BCUT2D eigenvalue weighted by atomic mass is 16.3. The molecule has 0 saturated carbocycles. The minimum atomic E-state index is -0.504. The Morgan fingerprint density at radius 2 is 1.90 bits per heavy atom. The number of hydrogen-bond acceptors (Lipinski definition) is 3. The van der Waals surface area contributed by atoms with Crippen molar-refractivity contribution in [2.75, 3.05) is 5.32 Å². The van der Waals surface area contributed by atoms with Gasteiger partial charge in [0, 0.05) is 30.4 Å². The summed E-state index contributed by atoms with van der Waals surface area (Å²) < 4.78 is 7.03. The second-order valence-electron chi connectivity index (χ2n) is 4.65. The van der Waals surface area contributed by atoms with Crippen LogP contribution in [0.2, 0.25) is 0 Å². The monoisotopic (exact) mass is 283 g/mol. The van der Waals surface area contributed by atoms with Gasteiger partial charge in [0.1, 0.15) is 5.69 Å². The molecule has 0 bridgehead atoms. The van der Waals surface area contributed by atoms with Gasteiger partial charge in [-0.05, 0) is 24.3 Å². The third-order valence-electron chi connectivity index (χ3n) is 3.32. The number of carbonyl (C=O) groups is 2. The van der Waals surface area contributed by atoms with E-state index in [0.717, 1.165) is 5.52 Å². The van der Waals surface area contributed by atoms with Crippen molar-refractivity contribution >= 4 is 28.6 Å². The Balaban J connectivity index is 1.84. The molecule has 3 aromatic rings. The Morgan fingerprint density at radius 1 is 1.19 bits per heavy atom. The Morgan fingerprint density at radius 3 is 2.52 bits per heavy atom. The number of primary amides is 1. The highest BCUT2D eigenvalue weighted by Gasteiger charge is 2.15. The number of furan rings is 1. The van der Waals surface area contributed by atoms with Crippen LogP contribution in [0.3, 0.4) is 0 Å². The molecule has 0 fully saturated rings. The van der Waals surface area contributed by atoms with Crippen molar-refractivity contribution in [3.05, 3.63) is 53.9 Å². The van der Waals surface area contributed by atoms with Crippen molar-refractivity contribution in [2.45, 2.75) is 0 Å². The maximum Gasteiger partial charge on any atom is 0.272 e. The number of rotatable bonds is 3. The van der Waals surface area contributed by atoms with Crippen LogP contribution in [0, 0.1) is 0 Å². The number of nitrogens with one attached hydrogen (secondary N) is 1. The van der Waals surface area contributed by atoms with Gasteiger partial charge in [0.15, 0.2) is 5.58 Å². The fourth-order valence-electron chi connectivity index (χ4n) is 2.18. The lowest BCUT2D eigenvalue weighted by Crippen LogP contribution is -2.16. The Bertz CT molecular complexity index is 828. The second-order valence-corrected chi connectivity index (χ2v) is 4.65. The third-order valence-corrected chi connectivity index (χ3v) is 3.32. The number of nitrogens with zero attached hydrogens (tertiary/aromatic N) is 1. The van der Waals surface area contributed by atoms with Crippen LogP contribution in [0.15, 0.2) is 47.1 Å². The topological polar surface area (TPSA) is 90.3 Å². The molecule has 2 aromatic heterocycles. The lowest BCUT2D eigenvalue weighted by molar-refractivity contribution is 0.0997. The van der Waals surface area contributed by atoms with Crippen molar-refractivity contribution < 1.29 is 14.0 Å². The third kappa shape index (κ3) is 2.27. The fraction of sp³-hybridized carbons (Fsp3) is 0.0667. The van der Waals surface area contributed by atoms with E-state index in [2.05, 4.69) is 5.32 Å². The van der Waals surface area contributed by atoms with Gasteiger partial charge in [0.25, 0.3) is 5.91 Å². The molecule has 0 aliphatic heterocycles. The second kappa shape index (κ2) is 4.82. The standard InChI is InChI=1S/C15H13N3O3/c1-18-11-6-7-21-13(11)8-12(18)15(20)17-10-4-2-9(3-5-10)14(16)19/h2-8H,1H3,(H2,16,19)(H,17,20). The molecule has 2 heterocycles. The molecular formula is C15H13N3O3. The molecule has 0 atom stereocenters. The number of amides is 2. The van der Waals surface area contributed by atoms with Crippen LogP contribution in [0.25, 0.3) is 11.1 Å². The summed E-state index contributed by atoms with van der Waals surface area (Å²) in [5.74, 6) is -0.758. The van der Waals surface area contributed by atoms with Crippen LogP contribution < -0.4 is 11.1 Å². The quantitative estimate of drug-likeness (QED) is 0.771. The average molecular weight is 283 g/mol. The molecule has 6 heteroatoms. The van der Waals surface area contributed by atoms with Gasteiger partial charge >= 0.3 is 0 Å². The largest absolute Gasteiger partial charge is 0.463 e. The lowest BCUT2D eigenvalue weighted by atomic mass is 10.2. The molecule has 1 aromatic carbocycles. The summed E-state index contributed by atoms with van der Waals surface area (Å²) in [4.78, 5) is 23.2. The molecule has 2 amide bonds. The predicted molar refractivity (Wildman–Crippen MR) is 78.1 cm³/mol. The van der Waals surface area contributed by atoms with E-state index in [4.69, 9.17) is 10.2 Å². The van der Waals surface area contributed by atoms with Crippen LogP contribution in [-0.2, 0) is 7.05 Å². The van der Waals surface area contributed by atoms with Gasteiger partial charge in [0.05, 0.1) is 11.8 Å². The number of carbonyl (C=O) groups excluding carboxylic acids is 2. The van der Waals surface area contributed by atoms with E-state index in [0.29, 0.717) is 22.5 Å². The van der Waals surface area contributed by atoms with E-state index in [-0.39, 0.29) is 5.91 Å². The summed E-state index contributed by atoms with van der Waals surface area (Å²) in [6.45, 7) is 0. The molecule has 106 valence electrons. The first-order valence-electron chi connectivity index (χ1n) is 6.30. The molecule has 0 unspecified atom stereocenters. The molecule has 0 saturated heterocycles. The van der Waals surface area contributed by atoms with Crippen LogP contribution in [-0.4, -0.2) is 16.4 Å². The molecule has 0 spiro atoms. The van der Waals surface area contributed by atoms with Crippen molar-refractivity contribution in [1.82, 2.24) is 4.57 Å². The first kappa shape index (κ1) is 13.0. The molecule has 0 aliphatic carbocycles. The Labute approximate surface area is 120 Å². The van der Waals surface area contributed by atoms with Crippen LogP contribution >= 0.6 is 0 Å². The van der Waals surface area contributed by atoms with E-state index in [1.165, 1.54) is 0 Å². The predicted octanol–water partition coefficient (Wildman–Crippen LogP) is 2.12.